The van der Waals surface area contributed by atoms with Crippen LogP contribution in [0, 0.1) is 0 Å². The number of benzene rings is 1. The summed E-state index contributed by atoms with van der Waals surface area (Å²) in [6, 6.07) is 5.21. The summed E-state index contributed by atoms with van der Waals surface area (Å²) < 4.78 is 5.49. The predicted molar refractivity (Wildman–Crippen MR) is 87.9 cm³/mol. The smallest absolute Gasteiger partial charge is 0.260 e. The van der Waals surface area contributed by atoms with Crippen molar-refractivity contribution >= 4 is 41.5 Å². The van der Waals surface area contributed by atoms with Gasteiger partial charge in [-0.2, -0.15) is 0 Å². The standard InChI is InChI=1S/C14H18Cl2N2O2.ClH/c1-17-8-11-3-2-6-18(11)14(19)9-20-13-7-10(15)4-5-12(13)16;/h4-5,7,11,17H,2-3,6,8-9H2,1H3;1H. The average molecular weight is 354 g/mol. The Morgan fingerprint density at radius 2 is 2.24 bits per heavy atom. The van der Waals surface area contributed by atoms with Crippen molar-refractivity contribution in [3.8, 4) is 5.75 Å². The van der Waals surface area contributed by atoms with E-state index in [1.807, 2.05) is 11.9 Å². The van der Waals surface area contributed by atoms with Crippen molar-refractivity contribution in [2.75, 3.05) is 26.7 Å². The van der Waals surface area contributed by atoms with Crippen molar-refractivity contribution in [3.63, 3.8) is 0 Å². The van der Waals surface area contributed by atoms with Gasteiger partial charge in [-0.15, -0.1) is 12.4 Å². The van der Waals surface area contributed by atoms with Crippen LogP contribution in [0.4, 0.5) is 0 Å². The van der Waals surface area contributed by atoms with Crippen LogP contribution in [-0.2, 0) is 4.79 Å². The van der Waals surface area contributed by atoms with Gasteiger partial charge in [0, 0.05) is 30.2 Å². The number of nitrogens with one attached hydrogen (secondary N) is 1. The molecule has 1 N–H and O–H groups in total. The molecule has 1 unspecified atom stereocenters. The van der Waals surface area contributed by atoms with E-state index >= 15 is 0 Å². The number of hydrogen-bond acceptors (Lipinski definition) is 3. The van der Waals surface area contributed by atoms with Crippen molar-refractivity contribution in [2.45, 2.75) is 18.9 Å². The lowest BCUT2D eigenvalue weighted by molar-refractivity contribution is -0.134. The number of carbonyl (C=O) groups excluding carboxylic acids is 1. The van der Waals surface area contributed by atoms with E-state index in [1.165, 1.54) is 0 Å². The molecule has 0 aromatic heterocycles. The van der Waals surface area contributed by atoms with Gasteiger partial charge in [0.15, 0.2) is 6.61 Å². The Balaban J connectivity index is 0.00000220. The third kappa shape index (κ3) is 4.92. The van der Waals surface area contributed by atoms with E-state index in [2.05, 4.69) is 5.32 Å². The van der Waals surface area contributed by atoms with Crippen LogP contribution in [0.15, 0.2) is 18.2 Å². The van der Waals surface area contributed by atoms with Gasteiger partial charge in [0.2, 0.25) is 0 Å². The van der Waals surface area contributed by atoms with Crippen molar-refractivity contribution in [1.82, 2.24) is 10.2 Å². The first-order valence-electron chi connectivity index (χ1n) is 6.63. The molecule has 1 fully saturated rings. The number of nitrogens with zero attached hydrogens (tertiary/aromatic N) is 1. The molecule has 4 nitrogen and oxygen atoms in total. The molecule has 1 saturated heterocycles. The molecule has 21 heavy (non-hydrogen) atoms. The van der Waals surface area contributed by atoms with Crippen molar-refractivity contribution in [1.29, 1.82) is 0 Å². The molecule has 1 aliphatic heterocycles. The van der Waals surface area contributed by atoms with E-state index in [4.69, 9.17) is 27.9 Å². The Hall–Kier alpha value is -0.680. The summed E-state index contributed by atoms with van der Waals surface area (Å²) in [5.41, 5.74) is 0. The molecule has 0 spiro atoms. The second-order valence-electron chi connectivity index (χ2n) is 4.80. The largest absolute Gasteiger partial charge is 0.482 e. The zero-order chi connectivity index (χ0) is 14.5. The Morgan fingerprint density at radius 1 is 1.48 bits per heavy atom. The molecule has 0 radical (unpaired) electrons. The minimum Gasteiger partial charge on any atom is -0.482 e. The third-order valence-electron chi connectivity index (χ3n) is 3.38. The third-order valence-corrected chi connectivity index (χ3v) is 3.93. The number of carbonyl (C=O) groups is 1. The minimum absolute atomic E-state index is 0. The van der Waals surface area contributed by atoms with E-state index in [9.17, 15) is 4.79 Å². The molecule has 2 rings (SSSR count). The van der Waals surface area contributed by atoms with Gasteiger partial charge in [0.1, 0.15) is 5.75 Å². The molecule has 1 aliphatic rings. The van der Waals surface area contributed by atoms with Crippen LogP contribution in [0.1, 0.15) is 12.8 Å². The van der Waals surface area contributed by atoms with Gasteiger partial charge in [0.25, 0.3) is 5.91 Å². The normalized spacial score (nSPS) is 17.5. The van der Waals surface area contributed by atoms with Crippen LogP contribution in [0.2, 0.25) is 10.0 Å². The molecule has 0 saturated carbocycles. The predicted octanol–water partition coefficient (Wildman–Crippen LogP) is 3.00. The van der Waals surface area contributed by atoms with Crippen LogP contribution < -0.4 is 10.1 Å². The van der Waals surface area contributed by atoms with E-state index in [0.717, 1.165) is 25.9 Å². The molecule has 1 amide bonds. The fraction of sp³-hybridized carbons (Fsp3) is 0.500. The summed E-state index contributed by atoms with van der Waals surface area (Å²) in [5, 5.41) is 4.10. The van der Waals surface area contributed by atoms with E-state index < -0.39 is 0 Å². The second-order valence-corrected chi connectivity index (χ2v) is 5.65. The number of ether oxygens (including phenoxy) is 1. The Kier molecular flexibility index (Phi) is 7.60. The molecule has 1 aromatic rings. The average Bonchev–Trinajstić information content (AvgIpc) is 2.88. The van der Waals surface area contributed by atoms with Crippen LogP contribution >= 0.6 is 35.6 Å². The van der Waals surface area contributed by atoms with E-state index in [0.29, 0.717) is 15.8 Å². The first-order chi connectivity index (χ1) is 9.61. The fourth-order valence-electron chi connectivity index (χ4n) is 2.42. The van der Waals surface area contributed by atoms with Crippen LogP contribution in [0.5, 0.6) is 5.75 Å². The molecule has 1 heterocycles. The fourth-order valence-corrected chi connectivity index (χ4v) is 2.76. The molecule has 0 aliphatic carbocycles. The number of halogens is 3. The van der Waals surface area contributed by atoms with Crippen LogP contribution in [0.25, 0.3) is 0 Å². The number of likely N-dealkylation sites (N-methyl/N-ethyl adjacent to an activating group) is 1. The highest BCUT2D eigenvalue weighted by molar-refractivity contribution is 6.34. The monoisotopic (exact) mass is 352 g/mol. The molecular weight excluding hydrogens is 335 g/mol. The lowest BCUT2D eigenvalue weighted by Crippen LogP contribution is -2.43. The highest BCUT2D eigenvalue weighted by Crippen LogP contribution is 2.28. The van der Waals surface area contributed by atoms with Crippen LogP contribution in [0.3, 0.4) is 0 Å². The van der Waals surface area contributed by atoms with Gasteiger partial charge in [-0.25, -0.2) is 0 Å². The van der Waals surface area contributed by atoms with Crippen molar-refractivity contribution in [2.24, 2.45) is 0 Å². The molecule has 0 bridgehead atoms. The zero-order valence-electron chi connectivity index (χ0n) is 11.8. The minimum atomic E-state index is -0.0150. The number of amides is 1. The number of rotatable bonds is 5. The van der Waals surface area contributed by atoms with Gasteiger partial charge >= 0.3 is 0 Å². The summed E-state index contributed by atoms with van der Waals surface area (Å²) in [6.45, 7) is 1.59. The maximum atomic E-state index is 12.2. The maximum Gasteiger partial charge on any atom is 0.260 e. The molecular formula is C14H19Cl3N2O2. The van der Waals surface area contributed by atoms with Crippen molar-refractivity contribution < 1.29 is 9.53 Å². The molecule has 7 heteroatoms. The summed E-state index contributed by atoms with van der Waals surface area (Å²) >= 11 is 11.9. The lowest BCUT2D eigenvalue weighted by Gasteiger charge is -2.24. The van der Waals surface area contributed by atoms with E-state index in [-0.39, 0.29) is 31.0 Å². The maximum absolute atomic E-state index is 12.2. The van der Waals surface area contributed by atoms with E-state index in [1.54, 1.807) is 18.2 Å². The topological polar surface area (TPSA) is 41.6 Å². The summed E-state index contributed by atoms with van der Waals surface area (Å²) in [4.78, 5) is 14.1. The SMILES string of the molecule is CNCC1CCCN1C(=O)COc1cc(Cl)ccc1Cl.Cl. The van der Waals surface area contributed by atoms with Crippen LogP contribution in [-0.4, -0.2) is 43.6 Å². The Morgan fingerprint density at radius 3 is 2.95 bits per heavy atom. The number of hydrogen-bond donors (Lipinski definition) is 1. The van der Waals surface area contributed by atoms with Crippen molar-refractivity contribution in [3.05, 3.63) is 28.2 Å². The summed E-state index contributed by atoms with van der Waals surface area (Å²) in [7, 11) is 1.89. The quantitative estimate of drug-likeness (QED) is 0.885. The Bertz CT molecular complexity index is 485. The molecule has 1 aromatic carbocycles. The molecule has 118 valence electrons. The van der Waals surface area contributed by atoms with Gasteiger partial charge in [-0.1, -0.05) is 23.2 Å². The van der Waals surface area contributed by atoms with Gasteiger partial charge in [-0.3, -0.25) is 4.79 Å². The van der Waals surface area contributed by atoms with Gasteiger partial charge < -0.3 is 15.0 Å². The number of likely N-dealkylation sites (tertiary alicyclic amines) is 1. The highest BCUT2D eigenvalue weighted by atomic mass is 35.5. The first kappa shape index (κ1) is 18.4. The van der Waals surface area contributed by atoms with Gasteiger partial charge in [0.05, 0.1) is 5.02 Å². The zero-order valence-corrected chi connectivity index (χ0v) is 14.1. The molecule has 1 atom stereocenters. The second kappa shape index (κ2) is 8.69. The first-order valence-corrected chi connectivity index (χ1v) is 7.39. The lowest BCUT2D eigenvalue weighted by atomic mass is 10.2. The highest BCUT2D eigenvalue weighted by Gasteiger charge is 2.28. The van der Waals surface area contributed by atoms with Gasteiger partial charge in [-0.05, 0) is 32.0 Å². The summed E-state index contributed by atoms with van der Waals surface area (Å²) in [5.74, 6) is 0.427. The Labute approximate surface area is 141 Å². The summed E-state index contributed by atoms with van der Waals surface area (Å²) in [6.07, 6.45) is 2.07.